The molecule has 0 aromatic carbocycles. The molecule has 0 aromatic heterocycles. The number of hydrogen-bond donors (Lipinski definition) is 3. The van der Waals surface area contributed by atoms with Crippen molar-refractivity contribution in [1.82, 2.24) is 5.32 Å². The van der Waals surface area contributed by atoms with Gasteiger partial charge in [0.15, 0.2) is 9.84 Å². The molecule has 0 bridgehead atoms. The number of aliphatic hydroxyl groups excluding tert-OH is 1. The van der Waals surface area contributed by atoms with Gasteiger partial charge in [-0.25, -0.2) is 13.2 Å². The molecule has 1 amide bonds. The van der Waals surface area contributed by atoms with Crippen LogP contribution in [0.15, 0.2) is 0 Å². The summed E-state index contributed by atoms with van der Waals surface area (Å²) >= 11 is 1.04. The lowest BCUT2D eigenvalue weighted by Gasteiger charge is -2.15. The minimum Gasteiger partial charge on any atom is -0.480 e. The van der Waals surface area contributed by atoms with E-state index in [2.05, 4.69) is 5.32 Å². The van der Waals surface area contributed by atoms with Crippen molar-refractivity contribution in [2.45, 2.75) is 17.4 Å². The van der Waals surface area contributed by atoms with Crippen molar-refractivity contribution in [2.75, 3.05) is 17.3 Å². The van der Waals surface area contributed by atoms with Crippen molar-refractivity contribution in [3.8, 4) is 0 Å². The second-order valence-corrected chi connectivity index (χ2v) is 7.12. The van der Waals surface area contributed by atoms with Gasteiger partial charge in [-0.3, -0.25) is 4.79 Å². The van der Waals surface area contributed by atoms with Crippen LogP contribution in [-0.2, 0) is 19.4 Å². The zero-order chi connectivity index (χ0) is 13.1. The highest BCUT2D eigenvalue weighted by Gasteiger charge is 2.37. The molecule has 7 nitrogen and oxygen atoms in total. The molecule has 9 heteroatoms. The Bertz CT molecular complexity index is 395. The van der Waals surface area contributed by atoms with Gasteiger partial charge < -0.3 is 15.5 Å². The van der Waals surface area contributed by atoms with Crippen LogP contribution in [0, 0.1) is 0 Å². The molecule has 98 valence electrons. The Hall–Kier alpha value is -0.800. The molecule has 3 atom stereocenters. The Morgan fingerprint density at radius 3 is 2.59 bits per heavy atom. The molecule has 1 saturated heterocycles. The third-order valence-corrected chi connectivity index (χ3v) is 5.68. The number of sulfone groups is 1. The van der Waals surface area contributed by atoms with Crippen LogP contribution < -0.4 is 5.32 Å². The Kier molecular flexibility index (Phi) is 4.78. The first-order valence-electron chi connectivity index (χ1n) is 4.78. The molecule has 0 radical (unpaired) electrons. The number of carbonyl (C=O) groups is 2. The number of carboxylic acids is 1. The van der Waals surface area contributed by atoms with Crippen molar-refractivity contribution in [2.24, 2.45) is 0 Å². The maximum absolute atomic E-state index is 11.2. The number of aliphatic carboxylic acids is 1. The summed E-state index contributed by atoms with van der Waals surface area (Å²) in [4.78, 5) is 20.8. The molecule has 0 spiro atoms. The van der Waals surface area contributed by atoms with Gasteiger partial charge in [0.25, 0.3) is 0 Å². The number of carboxylic acid groups (broad SMARTS) is 1. The summed E-state index contributed by atoms with van der Waals surface area (Å²) in [6.07, 6.45) is -0.697. The van der Waals surface area contributed by atoms with E-state index in [0.29, 0.717) is 0 Å². The van der Waals surface area contributed by atoms with E-state index in [4.69, 9.17) is 5.11 Å². The molecule has 17 heavy (non-hydrogen) atoms. The van der Waals surface area contributed by atoms with Crippen molar-refractivity contribution < 1.29 is 28.2 Å². The maximum atomic E-state index is 11.2. The lowest BCUT2D eigenvalue weighted by atomic mass is 10.3. The number of thioether (sulfide) groups is 1. The van der Waals surface area contributed by atoms with E-state index in [9.17, 15) is 23.1 Å². The highest BCUT2D eigenvalue weighted by Crippen LogP contribution is 2.25. The molecule has 1 rings (SSSR count). The van der Waals surface area contributed by atoms with Crippen LogP contribution in [0.5, 0.6) is 0 Å². The van der Waals surface area contributed by atoms with Crippen molar-refractivity contribution in [3.05, 3.63) is 0 Å². The molecular formula is C8H13NO6S2. The standard InChI is InChI=1S/C8H13NO6S2/c10-4-9-5(8(12)13)1-16-7-3-17(14,15)2-6(7)11/h4-7,11H,1-3H2,(H,9,10)(H,12,13). The topological polar surface area (TPSA) is 121 Å². The van der Waals surface area contributed by atoms with Gasteiger partial charge in [-0.2, -0.15) is 11.8 Å². The average Bonchev–Trinajstić information content (AvgIpc) is 2.46. The fraction of sp³-hybridized carbons (Fsp3) is 0.750. The van der Waals surface area contributed by atoms with E-state index >= 15 is 0 Å². The third kappa shape index (κ3) is 4.17. The van der Waals surface area contributed by atoms with Crippen LogP contribution in [0.25, 0.3) is 0 Å². The fourth-order valence-electron chi connectivity index (χ4n) is 1.45. The molecule has 3 unspecified atom stereocenters. The number of carbonyl (C=O) groups excluding carboxylic acids is 1. The van der Waals surface area contributed by atoms with Gasteiger partial charge in [-0.05, 0) is 0 Å². The summed E-state index contributed by atoms with van der Waals surface area (Å²) in [5.41, 5.74) is 0. The number of rotatable bonds is 6. The monoisotopic (exact) mass is 283 g/mol. The second kappa shape index (κ2) is 5.69. The van der Waals surface area contributed by atoms with Gasteiger partial charge in [-0.15, -0.1) is 0 Å². The summed E-state index contributed by atoms with van der Waals surface area (Å²) in [5, 5.41) is 19.8. The fourth-order valence-corrected chi connectivity index (χ4v) is 5.19. The van der Waals surface area contributed by atoms with Gasteiger partial charge in [0.2, 0.25) is 6.41 Å². The van der Waals surface area contributed by atoms with Crippen LogP contribution in [0.2, 0.25) is 0 Å². The highest BCUT2D eigenvalue weighted by atomic mass is 32.2. The molecule has 3 N–H and O–H groups in total. The van der Waals surface area contributed by atoms with Gasteiger partial charge in [-0.1, -0.05) is 0 Å². The van der Waals surface area contributed by atoms with Crippen LogP contribution in [0.3, 0.4) is 0 Å². The molecule has 1 heterocycles. The lowest BCUT2D eigenvalue weighted by molar-refractivity contribution is -0.139. The predicted octanol–water partition coefficient (Wildman–Crippen LogP) is -1.92. The van der Waals surface area contributed by atoms with Gasteiger partial charge >= 0.3 is 5.97 Å². The minimum atomic E-state index is -3.23. The van der Waals surface area contributed by atoms with Crippen molar-refractivity contribution in [3.63, 3.8) is 0 Å². The Morgan fingerprint density at radius 1 is 1.53 bits per heavy atom. The van der Waals surface area contributed by atoms with Crippen molar-refractivity contribution in [1.29, 1.82) is 0 Å². The number of amides is 1. The third-order valence-electron chi connectivity index (χ3n) is 2.32. The van der Waals surface area contributed by atoms with Gasteiger partial charge in [0.05, 0.1) is 17.6 Å². The van der Waals surface area contributed by atoms with Crippen molar-refractivity contribution >= 4 is 34.0 Å². The quantitative estimate of drug-likeness (QED) is 0.486. The first-order chi connectivity index (χ1) is 7.85. The summed E-state index contributed by atoms with van der Waals surface area (Å²) in [7, 11) is -3.23. The molecule has 0 aromatic rings. The highest BCUT2D eigenvalue weighted by molar-refractivity contribution is 8.02. The van der Waals surface area contributed by atoms with Gasteiger partial charge in [0.1, 0.15) is 6.04 Å². The maximum Gasteiger partial charge on any atom is 0.327 e. The molecular weight excluding hydrogens is 270 g/mol. The normalized spacial score (nSPS) is 28.5. The molecule has 0 aliphatic carbocycles. The number of aliphatic hydroxyl groups is 1. The number of nitrogens with one attached hydrogen (secondary N) is 1. The Labute approximate surface area is 102 Å². The van der Waals surface area contributed by atoms with Crippen LogP contribution >= 0.6 is 11.8 Å². The van der Waals surface area contributed by atoms with Crippen LogP contribution in [-0.4, -0.2) is 65.7 Å². The zero-order valence-electron chi connectivity index (χ0n) is 8.77. The van der Waals surface area contributed by atoms with E-state index in [1.165, 1.54) is 0 Å². The summed E-state index contributed by atoms with van der Waals surface area (Å²) < 4.78 is 22.4. The lowest BCUT2D eigenvalue weighted by Crippen LogP contribution is -2.39. The number of hydrogen-bond acceptors (Lipinski definition) is 6. The summed E-state index contributed by atoms with van der Waals surface area (Å²) in [6, 6.07) is -1.08. The average molecular weight is 283 g/mol. The first kappa shape index (κ1) is 14.3. The van der Waals surface area contributed by atoms with E-state index in [0.717, 1.165) is 11.8 Å². The molecule has 1 aliphatic rings. The van der Waals surface area contributed by atoms with E-state index in [1.807, 2.05) is 0 Å². The predicted molar refractivity (Wildman–Crippen MR) is 61.5 cm³/mol. The van der Waals surface area contributed by atoms with E-state index < -0.39 is 33.2 Å². The van der Waals surface area contributed by atoms with Crippen LogP contribution in [0.4, 0.5) is 0 Å². The zero-order valence-corrected chi connectivity index (χ0v) is 10.4. The minimum absolute atomic E-state index is 0.0192. The summed E-state index contributed by atoms with van der Waals surface area (Å²) in [6.45, 7) is 0. The van der Waals surface area contributed by atoms with Crippen LogP contribution in [0.1, 0.15) is 0 Å². The first-order valence-corrected chi connectivity index (χ1v) is 7.65. The Balaban J connectivity index is 2.50. The molecule has 1 aliphatic heterocycles. The van der Waals surface area contributed by atoms with E-state index in [1.54, 1.807) is 0 Å². The Morgan fingerprint density at radius 2 is 2.18 bits per heavy atom. The SMILES string of the molecule is O=CNC(CSC1CS(=O)(=O)CC1O)C(=O)O. The second-order valence-electron chi connectivity index (χ2n) is 3.69. The van der Waals surface area contributed by atoms with E-state index in [-0.39, 0.29) is 23.7 Å². The summed E-state index contributed by atoms with van der Waals surface area (Å²) in [5.74, 6) is -1.62. The molecule has 1 fully saturated rings. The largest absolute Gasteiger partial charge is 0.480 e. The smallest absolute Gasteiger partial charge is 0.327 e. The van der Waals surface area contributed by atoms with Gasteiger partial charge in [0, 0.05) is 11.0 Å². The molecule has 0 saturated carbocycles.